The van der Waals surface area contributed by atoms with E-state index in [-0.39, 0.29) is 12.5 Å². The summed E-state index contributed by atoms with van der Waals surface area (Å²) in [7, 11) is -3.64. The van der Waals surface area contributed by atoms with Gasteiger partial charge in [0.15, 0.2) is 0 Å². The number of hydrogen-bond acceptors (Lipinski definition) is 5. The van der Waals surface area contributed by atoms with Gasteiger partial charge in [0.25, 0.3) is 0 Å². The Balaban J connectivity index is 1.66. The summed E-state index contributed by atoms with van der Waals surface area (Å²) in [5.74, 6) is 0.204. The quantitative estimate of drug-likeness (QED) is 0.591. The first-order valence-electron chi connectivity index (χ1n) is 11.1. The lowest BCUT2D eigenvalue weighted by molar-refractivity contribution is -0.119. The second-order valence-corrected chi connectivity index (χ2v) is 9.99. The van der Waals surface area contributed by atoms with E-state index in [0.717, 1.165) is 35.8 Å². The molecule has 3 rings (SSSR count). The van der Waals surface area contributed by atoms with Crippen molar-refractivity contribution in [3.05, 3.63) is 59.7 Å². The van der Waals surface area contributed by atoms with Crippen molar-refractivity contribution >= 4 is 21.6 Å². The second kappa shape index (κ2) is 11.3. The molecular formula is C24H33N3O4S. The van der Waals surface area contributed by atoms with Crippen LogP contribution in [0.3, 0.4) is 0 Å². The van der Waals surface area contributed by atoms with Crippen LogP contribution in [0.4, 0.5) is 5.69 Å². The first-order valence-corrected chi connectivity index (χ1v) is 13.0. The summed E-state index contributed by atoms with van der Waals surface area (Å²) in [6.07, 6.45) is 4.84. The third kappa shape index (κ3) is 6.97. The Bertz CT molecular complexity index is 1000. The van der Waals surface area contributed by atoms with Gasteiger partial charge in [-0.2, -0.15) is 0 Å². The Hall–Kier alpha value is -2.58. The maximum absolute atomic E-state index is 12.7. The summed E-state index contributed by atoms with van der Waals surface area (Å²) in [6, 6.07) is 14.8. The number of nitrogens with zero attached hydrogens (tertiary/aromatic N) is 2. The number of amides is 1. The summed E-state index contributed by atoms with van der Waals surface area (Å²) in [5, 5.41) is 2.89. The second-order valence-electron chi connectivity index (χ2n) is 8.08. The highest BCUT2D eigenvalue weighted by molar-refractivity contribution is 7.92. The number of ether oxygens (including phenoxy) is 1. The largest absolute Gasteiger partial charge is 0.494 e. The van der Waals surface area contributed by atoms with Crippen LogP contribution in [0.5, 0.6) is 5.75 Å². The highest BCUT2D eigenvalue weighted by Crippen LogP contribution is 2.23. The highest BCUT2D eigenvalue weighted by Gasteiger charge is 2.21. The zero-order chi connectivity index (χ0) is 23.0. The first kappa shape index (κ1) is 24.1. The summed E-state index contributed by atoms with van der Waals surface area (Å²) < 4.78 is 31.3. The number of carbonyl (C=O) groups is 1. The number of rotatable bonds is 10. The van der Waals surface area contributed by atoms with Gasteiger partial charge in [0.1, 0.15) is 12.3 Å². The Morgan fingerprint density at radius 3 is 2.47 bits per heavy atom. The normalized spacial score (nSPS) is 14.7. The third-order valence-corrected chi connectivity index (χ3v) is 6.68. The molecule has 2 aromatic carbocycles. The van der Waals surface area contributed by atoms with Crippen molar-refractivity contribution in [3.63, 3.8) is 0 Å². The maximum atomic E-state index is 12.7. The fourth-order valence-corrected chi connectivity index (χ4v) is 4.77. The Morgan fingerprint density at radius 1 is 1.06 bits per heavy atom. The molecule has 2 aromatic rings. The van der Waals surface area contributed by atoms with Crippen LogP contribution in [-0.4, -0.2) is 51.7 Å². The first-order chi connectivity index (χ1) is 15.4. The Labute approximate surface area is 191 Å². The van der Waals surface area contributed by atoms with E-state index in [2.05, 4.69) is 16.3 Å². The summed E-state index contributed by atoms with van der Waals surface area (Å²) in [4.78, 5) is 15.1. The van der Waals surface area contributed by atoms with Crippen LogP contribution in [0.1, 0.15) is 37.3 Å². The zero-order valence-electron chi connectivity index (χ0n) is 18.9. The van der Waals surface area contributed by atoms with E-state index in [1.807, 2.05) is 25.1 Å². The molecule has 0 unspecified atom stereocenters. The number of benzene rings is 2. The summed E-state index contributed by atoms with van der Waals surface area (Å²) in [5.41, 5.74) is 2.65. The molecule has 1 heterocycles. The molecule has 1 amide bonds. The van der Waals surface area contributed by atoms with Crippen LogP contribution < -0.4 is 14.4 Å². The van der Waals surface area contributed by atoms with Crippen LogP contribution in [0, 0.1) is 0 Å². The topological polar surface area (TPSA) is 79.0 Å². The van der Waals surface area contributed by atoms with Crippen molar-refractivity contribution in [2.24, 2.45) is 0 Å². The van der Waals surface area contributed by atoms with Crippen molar-refractivity contribution in [2.45, 2.75) is 39.3 Å². The van der Waals surface area contributed by atoms with Crippen LogP contribution in [0.2, 0.25) is 0 Å². The number of piperidine rings is 1. The molecule has 0 atom stereocenters. The number of likely N-dealkylation sites (tertiary alicyclic amines) is 1. The van der Waals surface area contributed by atoms with Crippen molar-refractivity contribution in [2.75, 3.05) is 36.8 Å². The molecule has 8 heteroatoms. The van der Waals surface area contributed by atoms with E-state index in [9.17, 15) is 13.2 Å². The van der Waals surface area contributed by atoms with Gasteiger partial charge < -0.3 is 10.1 Å². The minimum atomic E-state index is -3.64. The smallest absolute Gasteiger partial charge is 0.241 e. The predicted molar refractivity (Wildman–Crippen MR) is 127 cm³/mol. The number of carbonyl (C=O) groups excluding carboxylic acids is 1. The average molecular weight is 460 g/mol. The van der Waals surface area contributed by atoms with E-state index in [1.54, 1.807) is 24.3 Å². The van der Waals surface area contributed by atoms with Gasteiger partial charge in [-0.1, -0.05) is 36.8 Å². The monoisotopic (exact) mass is 459 g/mol. The van der Waals surface area contributed by atoms with Gasteiger partial charge in [-0.25, -0.2) is 8.42 Å². The molecule has 1 aliphatic heterocycles. The molecule has 1 N–H and O–H groups in total. The van der Waals surface area contributed by atoms with Gasteiger partial charge in [-0.3, -0.25) is 14.0 Å². The van der Waals surface area contributed by atoms with Crippen LogP contribution in [-0.2, 0) is 27.9 Å². The minimum absolute atomic E-state index is 0.289. The SMILES string of the molecule is CCOc1cccc(N(CC(=O)NCc2ccccc2CN2CCCCC2)S(C)(=O)=O)c1. The molecule has 1 saturated heterocycles. The maximum Gasteiger partial charge on any atom is 0.241 e. The zero-order valence-corrected chi connectivity index (χ0v) is 19.7. The van der Waals surface area contributed by atoms with Crippen LogP contribution in [0.15, 0.2) is 48.5 Å². The number of anilines is 1. The molecule has 0 radical (unpaired) electrons. The number of nitrogens with one attached hydrogen (secondary N) is 1. The summed E-state index contributed by atoms with van der Waals surface area (Å²) >= 11 is 0. The van der Waals surface area contributed by atoms with Gasteiger partial charge >= 0.3 is 0 Å². The van der Waals surface area contributed by atoms with E-state index in [4.69, 9.17) is 4.74 Å². The van der Waals surface area contributed by atoms with Gasteiger partial charge in [0.05, 0.1) is 18.6 Å². The molecule has 1 aliphatic rings. The molecular weight excluding hydrogens is 426 g/mol. The molecule has 1 fully saturated rings. The lowest BCUT2D eigenvalue weighted by Gasteiger charge is -2.27. The minimum Gasteiger partial charge on any atom is -0.494 e. The van der Waals surface area contributed by atoms with E-state index in [0.29, 0.717) is 24.6 Å². The molecule has 0 aliphatic carbocycles. The molecule has 0 bridgehead atoms. The van der Waals surface area contributed by atoms with Gasteiger partial charge in [0.2, 0.25) is 15.9 Å². The van der Waals surface area contributed by atoms with Crippen LogP contribution >= 0.6 is 0 Å². The number of sulfonamides is 1. The Kier molecular flexibility index (Phi) is 8.53. The van der Waals surface area contributed by atoms with Crippen LogP contribution in [0.25, 0.3) is 0 Å². The van der Waals surface area contributed by atoms with Crippen molar-refractivity contribution in [1.82, 2.24) is 10.2 Å². The fraction of sp³-hybridized carbons (Fsp3) is 0.458. The average Bonchev–Trinajstić information content (AvgIpc) is 2.77. The molecule has 32 heavy (non-hydrogen) atoms. The fourth-order valence-electron chi connectivity index (χ4n) is 3.92. The number of hydrogen-bond donors (Lipinski definition) is 1. The lowest BCUT2D eigenvalue weighted by atomic mass is 10.0. The van der Waals surface area contributed by atoms with E-state index in [1.165, 1.54) is 24.8 Å². The van der Waals surface area contributed by atoms with Crippen molar-refractivity contribution in [3.8, 4) is 5.75 Å². The van der Waals surface area contributed by atoms with E-state index >= 15 is 0 Å². The van der Waals surface area contributed by atoms with Crippen molar-refractivity contribution < 1.29 is 17.9 Å². The van der Waals surface area contributed by atoms with Gasteiger partial charge in [0, 0.05) is 19.2 Å². The predicted octanol–water partition coefficient (Wildman–Crippen LogP) is 3.15. The molecule has 0 saturated carbocycles. The summed E-state index contributed by atoms with van der Waals surface area (Å²) in [6.45, 7) is 5.47. The molecule has 7 nitrogen and oxygen atoms in total. The Morgan fingerprint density at radius 2 is 1.78 bits per heavy atom. The molecule has 0 aromatic heterocycles. The molecule has 174 valence electrons. The lowest BCUT2D eigenvalue weighted by Crippen LogP contribution is -2.40. The third-order valence-electron chi connectivity index (χ3n) is 5.54. The van der Waals surface area contributed by atoms with E-state index < -0.39 is 10.0 Å². The van der Waals surface area contributed by atoms with Gasteiger partial charge in [-0.15, -0.1) is 0 Å². The van der Waals surface area contributed by atoms with Crippen molar-refractivity contribution in [1.29, 1.82) is 0 Å². The highest BCUT2D eigenvalue weighted by atomic mass is 32.2. The van der Waals surface area contributed by atoms with Gasteiger partial charge in [-0.05, 0) is 56.1 Å². The standard InChI is InChI=1S/C24H33N3O4S/c1-3-31-23-13-9-12-22(16-23)27(32(2,29)30)19-24(28)25-17-20-10-5-6-11-21(20)18-26-14-7-4-8-15-26/h5-6,9-13,16H,3-4,7-8,14-15,17-19H2,1-2H3,(H,25,28). The molecule has 0 spiro atoms.